The molecule has 19 aromatic rings. The van der Waals surface area contributed by atoms with Gasteiger partial charge in [-0.25, -0.2) is 23.7 Å². The lowest BCUT2D eigenvalue weighted by Gasteiger charge is -2.14. The van der Waals surface area contributed by atoms with Gasteiger partial charge in [0.05, 0.1) is 41.4 Å². The van der Waals surface area contributed by atoms with Crippen molar-refractivity contribution in [1.82, 2.24) is 19.9 Å². The average Bonchev–Trinajstić information content (AvgIpc) is 1.54. The SMILES string of the molecule is Cc1cc(C)c(C)c(-c2cc(CC(C)C)c3ccccc3[n+]2C)c1.Cc1ccc2c(n1)oc1c(-c3c4ccc(CC(C)C)cc4cc[n+]3C)c(C)ccc12.Cc1ccc2c(n1)oc1c(-c3ccc4c(CC(C)C)cccc4[n+]3C)c(C)ccc12.Cc1ccccc1-c1c2cc(CC(C)C)ccc2nc[n+]1C.Cc1ccccc1-c1c2ccccc2nc[n+]1C. The summed E-state index contributed by atoms with van der Waals surface area (Å²) < 4.78 is 23.7. The minimum atomic E-state index is 0.628. The van der Waals surface area contributed by atoms with Crippen molar-refractivity contribution >= 4 is 98.5 Å². The summed E-state index contributed by atoms with van der Waals surface area (Å²) in [7, 11) is 10.6. The zero-order chi connectivity index (χ0) is 87.6. The highest BCUT2D eigenvalue weighted by molar-refractivity contribution is 6.12. The quantitative estimate of drug-likeness (QED) is 0.107. The van der Waals surface area contributed by atoms with Crippen LogP contribution >= 0.6 is 0 Å². The van der Waals surface area contributed by atoms with Gasteiger partial charge in [-0.05, 0) is 255 Å². The number of furan rings is 2. The molecule has 124 heavy (non-hydrogen) atoms. The monoisotopic (exact) mass is 1630 g/mol. The molecule has 0 aliphatic carbocycles. The Morgan fingerprint density at radius 2 is 0.790 bits per heavy atom. The number of nitrogens with zero attached hydrogens (tertiary/aromatic N) is 9. The van der Waals surface area contributed by atoms with Crippen molar-refractivity contribution in [1.29, 1.82) is 0 Å². The van der Waals surface area contributed by atoms with Gasteiger partial charge in [0.25, 0.3) is 12.7 Å². The van der Waals surface area contributed by atoms with Gasteiger partial charge in [0.15, 0.2) is 28.4 Å². The molecule has 0 fully saturated rings. The number of aryl methyl sites for hydroxylation is 13. The highest BCUT2D eigenvalue weighted by Crippen LogP contribution is 2.42. The molecule has 0 bridgehead atoms. The van der Waals surface area contributed by atoms with E-state index in [1.165, 1.54) is 144 Å². The van der Waals surface area contributed by atoms with Crippen LogP contribution in [-0.4, -0.2) is 19.9 Å². The number of aromatic nitrogens is 9. The number of para-hydroxylation sites is 2. The number of hydrogen-bond donors (Lipinski definition) is 0. The maximum absolute atomic E-state index is 6.36. The molecule has 0 aliphatic rings. The second kappa shape index (κ2) is 36.6. The molecule has 0 radical (unpaired) electrons. The van der Waals surface area contributed by atoms with Crippen molar-refractivity contribution in [3.63, 3.8) is 0 Å². The van der Waals surface area contributed by atoms with Gasteiger partial charge in [-0.15, -0.1) is 0 Å². The number of hydrogen-bond acceptors (Lipinski definition) is 6. The van der Waals surface area contributed by atoms with E-state index in [2.05, 4.69) is 399 Å². The van der Waals surface area contributed by atoms with E-state index in [0.717, 1.165) is 97.6 Å². The van der Waals surface area contributed by atoms with Crippen LogP contribution in [0.4, 0.5) is 0 Å². The number of rotatable bonds is 13. The summed E-state index contributed by atoms with van der Waals surface area (Å²) in [6, 6.07) is 84.9. The Hall–Kier alpha value is -13.0. The summed E-state index contributed by atoms with van der Waals surface area (Å²) in [5.41, 5.74) is 36.8. The smallest absolute Gasteiger partial charge is 0.287 e. The van der Waals surface area contributed by atoms with Crippen LogP contribution < -0.4 is 22.8 Å². The van der Waals surface area contributed by atoms with Gasteiger partial charge >= 0.3 is 0 Å². The second-order valence-corrected chi connectivity index (χ2v) is 36.1. The molecule has 11 heteroatoms. The predicted octanol–water partition coefficient (Wildman–Crippen LogP) is 25.6. The van der Waals surface area contributed by atoms with Crippen LogP contribution in [-0.2, 0) is 60.9 Å². The molecular weight excluding hydrogens is 1520 g/mol. The fraction of sp³-hybridized carbons (Fsp3) is 0.265. The van der Waals surface area contributed by atoms with E-state index in [0.29, 0.717) is 35.1 Å². The Bertz CT molecular complexity index is 7260. The fourth-order valence-electron chi connectivity index (χ4n) is 18.2. The van der Waals surface area contributed by atoms with E-state index in [9.17, 15) is 0 Å². The van der Waals surface area contributed by atoms with Crippen molar-refractivity contribution < 1.29 is 31.7 Å². The lowest BCUT2D eigenvalue weighted by atomic mass is 9.93. The van der Waals surface area contributed by atoms with E-state index in [1.807, 2.05) is 51.7 Å². The zero-order valence-corrected chi connectivity index (χ0v) is 76.7. The van der Waals surface area contributed by atoms with Crippen LogP contribution in [0.1, 0.15) is 128 Å². The third kappa shape index (κ3) is 17.8. The molecule has 0 atom stereocenters. The summed E-state index contributed by atoms with van der Waals surface area (Å²) >= 11 is 0. The van der Waals surface area contributed by atoms with Gasteiger partial charge in [-0.3, -0.25) is 0 Å². The van der Waals surface area contributed by atoms with E-state index in [4.69, 9.17) is 8.83 Å². The summed E-state index contributed by atoms with van der Waals surface area (Å²) in [6.07, 6.45) is 10.3. The van der Waals surface area contributed by atoms with Crippen molar-refractivity contribution in [3.8, 4) is 56.3 Å². The molecule has 11 nitrogen and oxygen atoms in total. The van der Waals surface area contributed by atoms with Crippen LogP contribution in [0.3, 0.4) is 0 Å². The Morgan fingerprint density at radius 3 is 1.40 bits per heavy atom. The minimum absolute atomic E-state index is 0.628. The Kier molecular flexibility index (Phi) is 25.4. The maximum Gasteiger partial charge on any atom is 0.287 e. The first-order valence-electron chi connectivity index (χ1n) is 44.1. The largest absolute Gasteiger partial charge is 0.437 e. The molecule has 9 aromatic heterocycles. The molecule has 0 saturated carbocycles. The molecule has 0 amide bonds. The summed E-state index contributed by atoms with van der Waals surface area (Å²) in [4.78, 5) is 18.3. The van der Waals surface area contributed by atoms with Crippen molar-refractivity contribution in [2.24, 2.45) is 58.9 Å². The molecule has 624 valence electrons. The van der Waals surface area contributed by atoms with Crippen LogP contribution in [0.15, 0.2) is 264 Å². The van der Waals surface area contributed by atoms with Crippen molar-refractivity contribution in [2.45, 2.75) is 143 Å². The first-order chi connectivity index (χ1) is 59.6. The Labute approximate surface area is 732 Å². The third-order valence-electron chi connectivity index (χ3n) is 24.3. The van der Waals surface area contributed by atoms with Crippen LogP contribution in [0, 0.1) is 86.0 Å². The molecule has 0 unspecified atom stereocenters. The topological polar surface area (TPSA) is 97.2 Å². The lowest BCUT2D eigenvalue weighted by molar-refractivity contribution is -0.662. The molecule has 0 aliphatic heterocycles. The third-order valence-corrected chi connectivity index (χ3v) is 24.3. The van der Waals surface area contributed by atoms with Gasteiger partial charge in [0.2, 0.25) is 39.5 Å². The number of fused-ring (bicyclic) bond motifs is 11. The van der Waals surface area contributed by atoms with E-state index in [1.54, 1.807) is 0 Å². The van der Waals surface area contributed by atoms with E-state index < -0.39 is 0 Å². The number of pyridine rings is 5. The Balaban J connectivity index is 0.000000121. The minimum Gasteiger partial charge on any atom is -0.437 e. The van der Waals surface area contributed by atoms with Crippen LogP contribution in [0.2, 0.25) is 0 Å². The van der Waals surface area contributed by atoms with Crippen molar-refractivity contribution in [2.75, 3.05) is 0 Å². The number of benzene rings is 10. The van der Waals surface area contributed by atoms with Gasteiger partial charge in [0, 0.05) is 90.7 Å². The zero-order valence-electron chi connectivity index (χ0n) is 76.7. The highest BCUT2D eigenvalue weighted by atomic mass is 16.3. The predicted molar refractivity (Wildman–Crippen MR) is 515 cm³/mol. The summed E-state index contributed by atoms with van der Waals surface area (Å²) in [5, 5.41) is 12.0. The fourth-order valence-corrected chi connectivity index (χ4v) is 18.2. The molecule has 9 heterocycles. The lowest BCUT2D eigenvalue weighted by Crippen LogP contribution is -2.33. The van der Waals surface area contributed by atoms with Crippen LogP contribution in [0.25, 0.3) is 155 Å². The van der Waals surface area contributed by atoms with Gasteiger partial charge in [-0.1, -0.05) is 194 Å². The molecule has 0 N–H and O–H groups in total. The normalized spacial score (nSPS) is 11.6. The van der Waals surface area contributed by atoms with Crippen molar-refractivity contribution in [3.05, 3.63) is 328 Å². The first-order valence-corrected chi connectivity index (χ1v) is 44.1. The van der Waals surface area contributed by atoms with Gasteiger partial charge in [0.1, 0.15) is 32.5 Å². The summed E-state index contributed by atoms with van der Waals surface area (Å²) in [6.45, 7) is 37.4. The highest BCUT2D eigenvalue weighted by Gasteiger charge is 2.28. The molecule has 19 rings (SSSR count). The molecular formula is C113H120N9O2+5. The van der Waals surface area contributed by atoms with Crippen LogP contribution in [0.5, 0.6) is 0 Å². The average molecular weight is 1640 g/mol. The second-order valence-electron chi connectivity index (χ2n) is 36.1. The van der Waals surface area contributed by atoms with Gasteiger partial charge in [-0.2, -0.15) is 9.13 Å². The molecule has 0 saturated heterocycles. The Morgan fingerprint density at radius 1 is 0.315 bits per heavy atom. The summed E-state index contributed by atoms with van der Waals surface area (Å²) in [5.74, 6) is 2.58. The molecule has 0 spiro atoms. The standard InChI is InChI=1S/2C27H27N2O.C23H28N.C20H23N2.C16H15N2/c1-16(2)14-19-8-11-21-20(15-19)12-13-29(5)25(21)24-17(3)6-9-22-23-10-7-18(4)28-27(23)30-26(22)24;1-16(2)15-19-7-6-8-23-20(19)13-14-24(29(23)5)25-17(3)9-11-21-22-12-10-18(4)28-27(22)30-26(21)25;1-15(2)11-19-14-23(21-13-16(3)12-17(4)18(21)5)24(6)22-10-8-7-9-20(19)22;1-14(2)11-16-9-10-19-18(12-16)20(22(4)13-21-19)17-8-6-5-7-15(17)3;1-12-7-3-4-8-13(12)16-14-9-5-6-10-15(14)17-11-18(16)2/h6-13,15-16H,14H2,1-5H3;6-14,16H,15H2,1-5H3;7-10,12-15H,11H2,1-6H3;5-10,12-14H,11H2,1-4H3;3-11H,1-2H3/q5*+1. The first kappa shape index (κ1) is 86.0. The molecule has 10 aromatic carbocycles. The van der Waals surface area contributed by atoms with E-state index in [-0.39, 0.29) is 0 Å². The maximum atomic E-state index is 6.36. The van der Waals surface area contributed by atoms with Gasteiger partial charge < -0.3 is 8.83 Å². The van der Waals surface area contributed by atoms with E-state index >= 15 is 0 Å².